The molecule has 0 saturated carbocycles. The third-order valence-electron chi connectivity index (χ3n) is 9.92. The summed E-state index contributed by atoms with van der Waals surface area (Å²) >= 11 is 0. The van der Waals surface area contributed by atoms with Crippen molar-refractivity contribution < 1.29 is 9.50 Å². The fourth-order valence-corrected chi connectivity index (χ4v) is 7.31. The highest BCUT2D eigenvalue weighted by Gasteiger charge is 2.26. The smallest absolute Gasteiger partial charge is 0.141 e. The van der Waals surface area contributed by atoms with Crippen LogP contribution in [0, 0.1) is 11.2 Å². The van der Waals surface area contributed by atoms with Crippen LogP contribution in [0.15, 0.2) is 85.5 Å². The molecular weight excluding hydrogens is 615 g/mol. The molecule has 2 aromatic heterocycles. The molecule has 5 aromatic rings. The number of hydrogen-bond donors (Lipinski definition) is 4. The molecule has 2 aliphatic heterocycles. The molecule has 0 bridgehead atoms. The normalized spacial score (nSPS) is 16.9. The zero-order chi connectivity index (χ0) is 33.6. The summed E-state index contributed by atoms with van der Waals surface area (Å²) in [6.45, 7) is 6.33. The molecule has 1 unspecified atom stereocenters. The van der Waals surface area contributed by atoms with Gasteiger partial charge in [-0.2, -0.15) is 0 Å². The number of likely N-dealkylation sites (tertiary alicyclic amines) is 2. The largest absolute Gasteiger partial charge is 0.390 e. The standard InChI is InChI=1S/C39H45FN8O/c40-32-6-4-5-28(19-32)23-42-37-10-8-33(20-31(37)22-41)45-39-36-21-29(7-9-38(36)43-27-44-39)30-11-16-47(24-30)26-35(49)25-46-17-12-34(13-18-46)48-14-2-1-3-15-48/h4-11,16,19-22,24,27,34-35,41-42,49H,1-3,12-15,17-18,23,25-26H2,(H,43,44,45). The van der Waals surface area contributed by atoms with E-state index >= 15 is 0 Å². The molecule has 4 heterocycles. The average molecular weight is 661 g/mol. The minimum Gasteiger partial charge on any atom is -0.390 e. The summed E-state index contributed by atoms with van der Waals surface area (Å²) in [4.78, 5) is 14.2. The van der Waals surface area contributed by atoms with E-state index in [0.717, 1.165) is 52.1 Å². The Morgan fingerprint density at radius 3 is 2.59 bits per heavy atom. The van der Waals surface area contributed by atoms with Crippen LogP contribution in [0.3, 0.4) is 0 Å². The summed E-state index contributed by atoms with van der Waals surface area (Å²) in [5, 5.41) is 26.6. The highest BCUT2D eigenvalue weighted by atomic mass is 19.1. The Hall–Kier alpha value is -4.64. The Morgan fingerprint density at radius 2 is 1.78 bits per heavy atom. The summed E-state index contributed by atoms with van der Waals surface area (Å²) in [6.07, 6.45) is 13.0. The van der Waals surface area contributed by atoms with Crippen LogP contribution in [0.2, 0.25) is 0 Å². The fourth-order valence-electron chi connectivity index (χ4n) is 7.31. The minimum atomic E-state index is -0.429. The van der Waals surface area contributed by atoms with Crippen molar-refractivity contribution >= 4 is 34.3 Å². The number of piperidine rings is 2. The Labute approximate surface area is 287 Å². The van der Waals surface area contributed by atoms with Crippen LogP contribution in [0.4, 0.5) is 21.6 Å². The van der Waals surface area contributed by atoms with Crippen LogP contribution in [0.25, 0.3) is 22.0 Å². The molecule has 0 spiro atoms. The van der Waals surface area contributed by atoms with Gasteiger partial charge in [-0.25, -0.2) is 14.4 Å². The van der Waals surface area contributed by atoms with Gasteiger partial charge in [0, 0.05) is 66.6 Å². The summed E-state index contributed by atoms with van der Waals surface area (Å²) < 4.78 is 15.7. The van der Waals surface area contributed by atoms with E-state index in [-0.39, 0.29) is 5.82 Å². The lowest BCUT2D eigenvalue weighted by atomic mass is 9.99. The first-order valence-electron chi connectivity index (χ1n) is 17.5. The van der Waals surface area contributed by atoms with Gasteiger partial charge in [-0.3, -0.25) is 0 Å². The maximum absolute atomic E-state index is 13.6. The summed E-state index contributed by atoms with van der Waals surface area (Å²) in [5.74, 6) is 0.397. The number of rotatable bonds is 12. The second-order valence-electron chi connectivity index (χ2n) is 13.4. The number of anilines is 3. The third-order valence-corrected chi connectivity index (χ3v) is 9.92. The number of hydrogen-bond acceptors (Lipinski definition) is 8. The van der Waals surface area contributed by atoms with Gasteiger partial charge in [-0.1, -0.05) is 24.6 Å². The molecule has 4 N–H and O–H groups in total. The molecule has 10 heteroatoms. The van der Waals surface area contributed by atoms with E-state index < -0.39 is 6.10 Å². The maximum Gasteiger partial charge on any atom is 0.141 e. The third kappa shape index (κ3) is 8.16. The second-order valence-corrected chi connectivity index (χ2v) is 13.4. The van der Waals surface area contributed by atoms with Crippen LogP contribution >= 0.6 is 0 Å². The molecule has 3 aromatic carbocycles. The van der Waals surface area contributed by atoms with Crippen LogP contribution in [0.1, 0.15) is 43.2 Å². The number of nitrogens with one attached hydrogen (secondary N) is 3. The number of halogens is 1. The van der Waals surface area contributed by atoms with E-state index in [1.165, 1.54) is 63.5 Å². The van der Waals surface area contributed by atoms with Crippen molar-refractivity contribution in [3.63, 3.8) is 0 Å². The number of nitrogens with zero attached hydrogens (tertiary/aromatic N) is 5. The predicted molar refractivity (Wildman–Crippen MR) is 195 cm³/mol. The molecule has 2 saturated heterocycles. The van der Waals surface area contributed by atoms with Gasteiger partial charge in [0.2, 0.25) is 0 Å². The zero-order valence-corrected chi connectivity index (χ0v) is 27.9. The highest BCUT2D eigenvalue weighted by Crippen LogP contribution is 2.30. The van der Waals surface area contributed by atoms with Gasteiger partial charge in [0.15, 0.2) is 0 Å². The lowest BCUT2D eigenvalue weighted by molar-refractivity contribution is 0.0545. The van der Waals surface area contributed by atoms with E-state index in [9.17, 15) is 9.50 Å². The van der Waals surface area contributed by atoms with E-state index in [0.29, 0.717) is 37.1 Å². The van der Waals surface area contributed by atoms with Gasteiger partial charge < -0.3 is 35.5 Å². The molecule has 49 heavy (non-hydrogen) atoms. The number of aliphatic hydroxyl groups is 1. The van der Waals surface area contributed by atoms with Gasteiger partial charge in [0.25, 0.3) is 0 Å². The fraction of sp³-hybridized carbons (Fsp3) is 0.359. The van der Waals surface area contributed by atoms with Crippen molar-refractivity contribution in [2.75, 3.05) is 43.4 Å². The quantitative estimate of drug-likeness (QED) is 0.108. The van der Waals surface area contributed by atoms with Crippen molar-refractivity contribution in [1.29, 1.82) is 5.41 Å². The van der Waals surface area contributed by atoms with Gasteiger partial charge in [-0.05, 0) is 117 Å². The Kier molecular flexibility index (Phi) is 10.3. The molecular formula is C39H45FN8O. The number of aromatic nitrogens is 3. The topological polar surface area (TPSA) is 105 Å². The van der Waals surface area contributed by atoms with Crippen LogP contribution in [-0.4, -0.2) is 80.5 Å². The Balaban J connectivity index is 0.985. The first-order chi connectivity index (χ1) is 24.0. The predicted octanol–water partition coefficient (Wildman–Crippen LogP) is 6.90. The SMILES string of the molecule is N=Cc1cc(Nc2ncnc3ccc(-c4ccn(CC(O)CN5CCC(N6CCCCC6)CC5)c4)cc23)ccc1NCc1cccc(F)c1. The minimum absolute atomic E-state index is 0.271. The summed E-state index contributed by atoms with van der Waals surface area (Å²) in [7, 11) is 0. The van der Waals surface area contributed by atoms with Gasteiger partial charge in [0.1, 0.15) is 18.0 Å². The summed E-state index contributed by atoms with van der Waals surface area (Å²) in [5.41, 5.74) is 6.02. The highest BCUT2D eigenvalue weighted by molar-refractivity contribution is 5.94. The van der Waals surface area contributed by atoms with Gasteiger partial charge >= 0.3 is 0 Å². The Bertz CT molecular complexity index is 1880. The van der Waals surface area contributed by atoms with Crippen molar-refractivity contribution in [2.24, 2.45) is 0 Å². The molecule has 9 nitrogen and oxygen atoms in total. The number of benzene rings is 3. The number of aliphatic hydroxyl groups excluding tert-OH is 1. The molecule has 2 aliphatic rings. The van der Waals surface area contributed by atoms with E-state index in [4.69, 9.17) is 5.41 Å². The zero-order valence-electron chi connectivity index (χ0n) is 27.9. The lowest BCUT2D eigenvalue weighted by Crippen LogP contribution is -2.48. The van der Waals surface area contributed by atoms with Crippen LogP contribution in [0.5, 0.6) is 0 Å². The second kappa shape index (κ2) is 15.3. The van der Waals surface area contributed by atoms with Crippen LogP contribution in [-0.2, 0) is 13.1 Å². The Morgan fingerprint density at radius 1 is 0.918 bits per heavy atom. The number of fused-ring (bicyclic) bond motifs is 1. The molecule has 0 radical (unpaired) electrons. The number of β-amino-alcohol motifs (C(OH)–C–C–N with tert-alkyl or cyclic N) is 1. The van der Waals surface area contributed by atoms with E-state index in [2.05, 4.69) is 59.4 Å². The van der Waals surface area contributed by atoms with Gasteiger partial charge in [0.05, 0.1) is 11.6 Å². The first-order valence-corrected chi connectivity index (χ1v) is 17.5. The molecule has 2 fully saturated rings. The molecule has 0 aliphatic carbocycles. The van der Waals surface area contributed by atoms with Crippen molar-refractivity contribution in [3.8, 4) is 11.1 Å². The van der Waals surface area contributed by atoms with E-state index in [1.807, 2.05) is 36.5 Å². The molecule has 0 amide bonds. The lowest BCUT2D eigenvalue weighted by Gasteiger charge is -2.40. The molecule has 1 atom stereocenters. The first kappa shape index (κ1) is 32.9. The van der Waals surface area contributed by atoms with Crippen molar-refractivity contribution in [3.05, 3.63) is 102 Å². The van der Waals surface area contributed by atoms with Crippen molar-refractivity contribution in [1.82, 2.24) is 24.3 Å². The van der Waals surface area contributed by atoms with Gasteiger partial charge in [-0.15, -0.1) is 0 Å². The monoisotopic (exact) mass is 660 g/mol. The van der Waals surface area contributed by atoms with E-state index in [1.54, 1.807) is 12.4 Å². The molecule has 7 rings (SSSR count). The molecule has 254 valence electrons. The van der Waals surface area contributed by atoms with Crippen molar-refractivity contribution in [2.45, 2.75) is 57.3 Å². The summed E-state index contributed by atoms with van der Waals surface area (Å²) in [6, 6.07) is 21.2. The maximum atomic E-state index is 13.6. The average Bonchev–Trinajstić information content (AvgIpc) is 3.60. The van der Waals surface area contributed by atoms with Crippen LogP contribution < -0.4 is 10.6 Å².